The van der Waals surface area contributed by atoms with E-state index in [0.29, 0.717) is 0 Å². The molecule has 0 N–H and O–H groups in total. The molecule has 0 fully saturated rings. The normalized spacial score (nSPS) is 12.7. The first-order valence-electron chi connectivity index (χ1n) is 11.2. The Morgan fingerprint density at radius 3 is 2.53 bits per heavy atom. The van der Waals surface area contributed by atoms with Gasteiger partial charge in [-0.2, -0.15) is 4.57 Å². The monoisotopic (exact) mass is 413 g/mol. The van der Waals surface area contributed by atoms with E-state index in [0.717, 1.165) is 13.1 Å². The fraction of sp³-hybridized carbons (Fsp3) is 0.296. The van der Waals surface area contributed by atoms with Crippen molar-refractivity contribution >= 4 is 49.3 Å². The van der Waals surface area contributed by atoms with Crippen LogP contribution in [0.4, 0.5) is 0 Å². The van der Waals surface area contributed by atoms with E-state index >= 15 is 0 Å². The third kappa shape index (κ3) is 3.22. The van der Waals surface area contributed by atoms with E-state index in [-0.39, 0.29) is 0 Å². The number of para-hydroxylation sites is 1. The molecule has 0 amide bonds. The van der Waals surface area contributed by atoms with Crippen LogP contribution in [0.5, 0.6) is 0 Å². The molecule has 2 heterocycles. The largest absolute Gasteiger partial charge is 0.340 e. The van der Waals surface area contributed by atoms with Crippen LogP contribution in [0.25, 0.3) is 38.0 Å². The van der Waals surface area contributed by atoms with Gasteiger partial charge in [0, 0.05) is 41.4 Å². The zero-order valence-corrected chi connectivity index (χ0v) is 18.7. The van der Waals surface area contributed by atoms with Crippen LogP contribution in [0.15, 0.2) is 60.7 Å². The van der Waals surface area contributed by atoms with Gasteiger partial charge < -0.3 is 4.57 Å². The maximum absolute atomic E-state index is 2.55. The second kappa shape index (κ2) is 8.23. The molecular formula is C27H29N2S+. The summed E-state index contributed by atoms with van der Waals surface area (Å²) in [6, 6.07) is 22.3. The first-order valence-corrected chi connectivity index (χ1v) is 12.1. The maximum Gasteiger partial charge on any atom is 0.264 e. The summed E-state index contributed by atoms with van der Waals surface area (Å²) in [6.45, 7) is 6.69. The highest BCUT2D eigenvalue weighted by Gasteiger charge is 2.19. The van der Waals surface area contributed by atoms with E-state index in [1.165, 1.54) is 67.9 Å². The van der Waals surface area contributed by atoms with Crippen LogP contribution >= 0.6 is 11.3 Å². The number of benzene rings is 3. The first-order chi connectivity index (χ1) is 14.8. The molecule has 0 saturated carbocycles. The molecule has 2 aromatic heterocycles. The van der Waals surface area contributed by atoms with Gasteiger partial charge in [0.15, 0.2) is 6.54 Å². The molecular weight excluding hydrogens is 384 g/mol. The summed E-state index contributed by atoms with van der Waals surface area (Å²) in [4.78, 5) is 0. The van der Waals surface area contributed by atoms with Crippen molar-refractivity contribution in [2.45, 2.75) is 52.6 Å². The topological polar surface area (TPSA) is 8.81 Å². The number of nitrogens with zero attached hydrogens (tertiary/aromatic N) is 2. The molecule has 5 rings (SSSR count). The molecule has 3 aromatic carbocycles. The third-order valence-corrected chi connectivity index (χ3v) is 7.22. The van der Waals surface area contributed by atoms with Gasteiger partial charge in [0.2, 0.25) is 5.52 Å². The summed E-state index contributed by atoms with van der Waals surface area (Å²) in [7, 11) is 0. The molecule has 0 aliphatic rings. The Bertz CT molecular complexity index is 1370. The minimum atomic E-state index is 1.07. The van der Waals surface area contributed by atoms with Crippen LogP contribution in [0.3, 0.4) is 0 Å². The van der Waals surface area contributed by atoms with Gasteiger partial charge in [-0.15, -0.1) is 0 Å². The van der Waals surface area contributed by atoms with E-state index < -0.39 is 0 Å². The Morgan fingerprint density at radius 2 is 1.70 bits per heavy atom. The second-order valence-electron chi connectivity index (χ2n) is 8.13. The number of aromatic nitrogens is 2. The van der Waals surface area contributed by atoms with Gasteiger partial charge in [0.25, 0.3) is 5.01 Å². The van der Waals surface area contributed by atoms with Crippen LogP contribution in [0.1, 0.15) is 44.5 Å². The van der Waals surface area contributed by atoms with Crippen LogP contribution in [-0.4, -0.2) is 4.57 Å². The number of unbranched alkanes of at least 4 members (excludes halogenated alkanes) is 2. The van der Waals surface area contributed by atoms with Crippen LogP contribution in [-0.2, 0) is 13.1 Å². The standard InChI is InChI=1S/C27H29N2S/c1-3-5-17-28-23-15-10-12-20-11-9-13-21(27(20)23)24(28)19-26-29(18-6-4-2)22-14-7-8-16-25(22)30-26/h7-16,19H,3-6,17-18H2,1-2H3/q+1. The molecule has 0 radical (unpaired) electrons. The number of hydrogen-bond donors (Lipinski definition) is 0. The van der Waals surface area contributed by atoms with Crippen molar-refractivity contribution < 1.29 is 4.57 Å². The van der Waals surface area contributed by atoms with Gasteiger partial charge in [0.1, 0.15) is 4.70 Å². The van der Waals surface area contributed by atoms with E-state index in [4.69, 9.17) is 0 Å². The van der Waals surface area contributed by atoms with Crippen LogP contribution in [0.2, 0.25) is 0 Å². The van der Waals surface area contributed by atoms with E-state index in [1.54, 1.807) is 0 Å². The highest BCUT2D eigenvalue weighted by molar-refractivity contribution is 7.18. The summed E-state index contributed by atoms with van der Waals surface area (Å²) in [5.74, 6) is 0. The maximum atomic E-state index is 2.55. The lowest BCUT2D eigenvalue weighted by molar-refractivity contribution is -0.669. The molecule has 0 aliphatic carbocycles. The average Bonchev–Trinajstić information content (AvgIpc) is 3.28. The van der Waals surface area contributed by atoms with Gasteiger partial charge in [-0.25, -0.2) is 0 Å². The van der Waals surface area contributed by atoms with E-state index in [1.807, 2.05) is 11.3 Å². The molecule has 0 bridgehead atoms. The third-order valence-electron chi connectivity index (χ3n) is 6.11. The highest BCUT2D eigenvalue weighted by Crippen LogP contribution is 2.27. The first kappa shape index (κ1) is 19.3. The predicted molar refractivity (Wildman–Crippen MR) is 130 cm³/mol. The van der Waals surface area contributed by atoms with Crippen LogP contribution in [0, 0.1) is 0 Å². The Morgan fingerprint density at radius 1 is 0.900 bits per heavy atom. The number of aryl methyl sites for hydroxylation is 2. The van der Waals surface area contributed by atoms with E-state index in [9.17, 15) is 0 Å². The molecule has 152 valence electrons. The molecule has 0 spiro atoms. The highest BCUT2D eigenvalue weighted by atomic mass is 32.1. The van der Waals surface area contributed by atoms with Gasteiger partial charge in [-0.3, -0.25) is 0 Å². The van der Waals surface area contributed by atoms with E-state index in [2.05, 4.69) is 89.7 Å². The molecule has 0 unspecified atom stereocenters. The van der Waals surface area contributed by atoms with Crippen molar-refractivity contribution in [1.82, 2.24) is 4.57 Å². The average molecular weight is 414 g/mol. The summed E-state index contributed by atoms with van der Waals surface area (Å²) >= 11 is 1.92. The Hall–Kier alpha value is -2.65. The number of hydrogen-bond acceptors (Lipinski definition) is 1. The molecule has 0 atom stereocenters. The Labute approximate surface area is 182 Å². The van der Waals surface area contributed by atoms with Crippen molar-refractivity contribution in [2.24, 2.45) is 0 Å². The minimum absolute atomic E-state index is 1.07. The quantitative estimate of drug-likeness (QED) is 0.271. The number of rotatable bonds is 7. The summed E-state index contributed by atoms with van der Waals surface area (Å²) in [5.41, 5.74) is 2.72. The molecule has 30 heavy (non-hydrogen) atoms. The number of fused-ring (bicyclic) bond motifs is 1. The van der Waals surface area contributed by atoms with Crippen molar-refractivity contribution in [3.05, 3.63) is 71.0 Å². The van der Waals surface area contributed by atoms with Gasteiger partial charge in [-0.05, 0) is 23.9 Å². The molecule has 0 saturated heterocycles. The predicted octanol–water partition coefficient (Wildman–Crippen LogP) is 6.44. The molecule has 0 aliphatic heterocycles. The minimum Gasteiger partial charge on any atom is -0.340 e. The number of thiazole rings is 1. The lowest BCUT2D eigenvalue weighted by Crippen LogP contribution is -2.36. The molecule has 5 aromatic rings. The van der Waals surface area contributed by atoms with Gasteiger partial charge in [-0.1, -0.05) is 80.5 Å². The SMILES string of the molecule is CCCCn1/c(=C/c2sc3ccccc3[n+]2CCCC)c2cccc3cccc1c32. The lowest BCUT2D eigenvalue weighted by Gasteiger charge is -2.05. The second-order valence-corrected chi connectivity index (χ2v) is 9.19. The van der Waals surface area contributed by atoms with Gasteiger partial charge >= 0.3 is 0 Å². The fourth-order valence-corrected chi connectivity index (χ4v) is 5.70. The lowest BCUT2D eigenvalue weighted by atomic mass is 10.1. The fourth-order valence-electron chi connectivity index (χ4n) is 4.57. The van der Waals surface area contributed by atoms with Crippen molar-refractivity contribution in [1.29, 1.82) is 0 Å². The summed E-state index contributed by atoms with van der Waals surface area (Å²) in [5, 5.41) is 6.82. The van der Waals surface area contributed by atoms with Crippen molar-refractivity contribution in [2.75, 3.05) is 0 Å². The molecule has 2 nitrogen and oxygen atoms in total. The zero-order chi connectivity index (χ0) is 20.5. The summed E-state index contributed by atoms with van der Waals surface area (Å²) < 4.78 is 6.45. The van der Waals surface area contributed by atoms with Gasteiger partial charge in [0.05, 0.1) is 5.35 Å². The smallest absolute Gasteiger partial charge is 0.264 e. The van der Waals surface area contributed by atoms with Crippen molar-refractivity contribution in [3.63, 3.8) is 0 Å². The Kier molecular flexibility index (Phi) is 5.30. The zero-order valence-electron chi connectivity index (χ0n) is 17.9. The van der Waals surface area contributed by atoms with Crippen molar-refractivity contribution in [3.8, 4) is 0 Å². The summed E-state index contributed by atoms with van der Waals surface area (Å²) in [6.07, 6.45) is 7.27. The van der Waals surface area contributed by atoms with Crippen LogP contribution < -0.4 is 9.92 Å². The Balaban J connectivity index is 1.82. The molecule has 3 heteroatoms.